The summed E-state index contributed by atoms with van der Waals surface area (Å²) in [4.78, 5) is 0. The molecule has 0 fully saturated rings. The standard InChI is InChI=1S/C14H13Cl2N/c15-9-11-4-6-14(7-5-11)17-10-12-2-1-3-13(16)8-12/h1-8,17H,9-10H2. The molecule has 0 aliphatic carbocycles. The normalized spacial score (nSPS) is 10.2. The molecule has 0 spiro atoms. The molecule has 0 heterocycles. The molecule has 0 atom stereocenters. The van der Waals surface area contributed by atoms with E-state index in [9.17, 15) is 0 Å². The minimum atomic E-state index is 0.550. The number of nitrogens with one attached hydrogen (secondary N) is 1. The summed E-state index contributed by atoms with van der Waals surface area (Å²) in [6.45, 7) is 0.765. The van der Waals surface area contributed by atoms with Gasteiger partial charge in [0.15, 0.2) is 0 Å². The first-order valence-electron chi connectivity index (χ1n) is 5.41. The fourth-order valence-corrected chi connectivity index (χ4v) is 1.95. The van der Waals surface area contributed by atoms with Crippen molar-refractivity contribution >= 4 is 28.9 Å². The van der Waals surface area contributed by atoms with Gasteiger partial charge < -0.3 is 5.32 Å². The molecule has 1 N–H and O–H groups in total. The molecule has 0 aliphatic heterocycles. The molecule has 88 valence electrons. The van der Waals surface area contributed by atoms with Crippen molar-refractivity contribution in [1.29, 1.82) is 0 Å². The molecule has 2 aromatic rings. The molecule has 0 bridgehead atoms. The summed E-state index contributed by atoms with van der Waals surface area (Å²) in [5.41, 5.74) is 3.37. The highest BCUT2D eigenvalue weighted by Gasteiger charge is 1.96. The molecule has 1 nitrogen and oxygen atoms in total. The van der Waals surface area contributed by atoms with Gasteiger partial charge in [-0.05, 0) is 35.4 Å². The zero-order valence-corrected chi connectivity index (χ0v) is 10.8. The number of hydrogen-bond acceptors (Lipinski definition) is 1. The van der Waals surface area contributed by atoms with E-state index in [1.165, 1.54) is 5.56 Å². The van der Waals surface area contributed by atoms with E-state index in [0.717, 1.165) is 22.8 Å². The fourth-order valence-electron chi connectivity index (χ4n) is 1.56. The molecular weight excluding hydrogens is 253 g/mol. The number of hydrogen-bond donors (Lipinski definition) is 1. The van der Waals surface area contributed by atoms with Crippen LogP contribution in [0.4, 0.5) is 5.69 Å². The minimum Gasteiger partial charge on any atom is -0.381 e. The van der Waals surface area contributed by atoms with Crippen LogP contribution in [0.1, 0.15) is 11.1 Å². The van der Waals surface area contributed by atoms with Crippen LogP contribution < -0.4 is 5.32 Å². The Bertz CT molecular complexity index is 480. The van der Waals surface area contributed by atoms with Crippen molar-refractivity contribution in [2.45, 2.75) is 12.4 Å². The largest absolute Gasteiger partial charge is 0.381 e. The predicted molar refractivity (Wildman–Crippen MR) is 74.8 cm³/mol. The van der Waals surface area contributed by atoms with E-state index >= 15 is 0 Å². The van der Waals surface area contributed by atoms with Gasteiger partial charge in [-0.25, -0.2) is 0 Å². The van der Waals surface area contributed by atoms with E-state index < -0.39 is 0 Å². The third kappa shape index (κ3) is 3.65. The molecule has 0 aliphatic rings. The second-order valence-electron chi connectivity index (χ2n) is 3.81. The van der Waals surface area contributed by atoms with Gasteiger partial charge in [0.25, 0.3) is 0 Å². The second-order valence-corrected chi connectivity index (χ2v) is 4.52. The van der Waals surface area contributed by atoms with E-state index in [2.05, 4.69) is 5.32 Å². The Labute approximate surface area is 111 Å². The molecule has 0 unspecified atom stereocenters. The maximum Gasteiger partial charge on any atom is 0.0474 e. The summed E-state index contributed by atoms with van der Waals surface area (Å²) < 4.78 is 0. The molecule has 0 amide bonds. The Hall–Kier alpha value is -1.18. The SMILES string of the molecule is ClCc1ccc(NCc2cccc(Cl)c2)cc1. The van der Waals surface area contributed by atoms with Gasteiger partial charge in [0.2, 0.25) is 0 Å². The Kier molecular flexibility index (Phi) is 4.29. The number of rotatable bonds is 4. The molecule has 0 saturated carbocycles. The number of anilines is 1. The zero-order chi connectivity index (χ0) is 12.1. The van der Waals surface area contributed by atoms with Crippen LogP contribution in [0, 0.1) is 0 Å². The van der Waals surface area contributed by atoms with Crippen LogP contribution in [-0.4, -0.2) is 0 Å². The van der Waals surface area contributed by atoms with E-state index in [0.29, 0.717) is 5.88 Å². The summed E-state index contributed by atoms with van der Waals surface area (Å²) in [6, 6.07) is 15.9. The van der Waals surface area contributed by atoms with Gasteiger partial charge in [0.1, 0.15) is 0 Å². The van der Waals surface area contributed by atoms with Crippen molar-refractivity contribution in [2.75, 3.05) is 5.32 Å². The van der Waals surface area contributed by atoms with Crippen LogP contribution in [0.2, 0.25) is 5.02 Å². The Morgan fingerprint density at radius 3 is 2.35 bits per heavy atom. The highest BCUT2D eigenvalue weighted by Crippen LogP contribution is 2.14. The Morgan fingerprint density at radius 2 is 1.71 bits per heavy atom. The molecule has 0 aromatic heterocycles. The number of benzene rings is 2. The highest BCUT2D eigenvalue weighted by molar-refractivity contribution is 6.30. The summed E-state index contributed by atoms with van der Waals surface area (Å²) >= 11 is 11.7. The van der Waals surface area contributed by atoms with Crippen LogP contribution in [0.3, 0.4) is 0 Å². The van der Waals surface area contributed by atoms with Crippen molar-refractivity contribution in [3.05, 3.63) is 64.7 Å². The second kappa shape index (κ2) is 5.95. The first-order chi connectivity index (χ1) is 8.28. The maximum atomic E-state index is 5.92. The molecule has 0 radical (unpaired) electrons. The zero-order valence-electron chi connectivity index (χ0n) is 9.29. The van der Waals surface area contributed by atoms with Crippen LogP contribution in [0.5, 0.6) is 0 Å². The van der Waals surface area contributed by atoms with Crippen molar-refractivity contribution in [1.82, 2.24) is 0 Å². The third-order valence-corrected chi connectivity index (χ3v) is 3.04. The Morgan fingerprint density at radius 1 is 0.941 bits per heavy atom. The van der Waals surface area contributed by atoms with Gasteiger partial charge in [-0.2, -0.15) is 0 Å². The van der Waals surface area contributed by atoms with Crippen LogP contribution in [0.15, 0.2) is 48.5 Å². The van der Waals surface area contributed by atoms with Gasteiger partial charge in [-0.3, -0.25) is 0 Å². The van der Waals surface area contributed by atoms with E-state index in [1.807, 2.05) is 48.5 Å². The lowest BCUT2D eigenvalue weighted by atomic mass is 10.2. The molecular formula is C14H13Cl2N. The third-order valence-electron chi connectivity index (χ3n) is 2.49. The number of halogens is 2. The van der Waals surface area contributed by atoms with Gasteiger partial charge in [0, 0.05) is 23.1 Å². The van der Waals surface area contributed by atoms with Crippen molar-refractivity contribution in [3.8, 4) is 0 Å². The summed E-state index contributed by atoms with van der Waals surface area (Å²) in [5, 5.41) is 4.10. The summed E-state index contributed by atoms with van der Waals surface area (Å²) in [6.07, 6.45) is 0. The van der Waals surface area contributed by atoms with Gasteiger partial charge in [-0.1, -0.05) is 35.9 Å². The van der Waals surface area contributed by atoms with E-state index in [4.69, 9.17) is 23.2 Å². The highest BCUT2D eigenvalue weighted by atomic mass is 35.5. The van der Waals surface area contributed by atoms with Gasteiger partial charge in [-0.15, -0.1) is 11.6 Å². The van der Waals surface area contributed by atoms with Gasteiger partial charge in [0.05, 0.1) is 0 Å². The lowest BCUT2D eigenvalue weighted by molar-refractivity contribution is 1.15. The smallest absolute Gasteiger partial charge is 0.0474 e. The first kappa shape index (κ1) is 12.3. The molecule has 0 saturated heterocycles. The lowest BCUT2D eigenvalue weighted by Gasteiger charge is -2.07. The average Bonchev–Trinajstić information content (AvgIpc) is 2.37. The van der Waals surface area contributed by atoms with Crippen molar-refractivity contribution in [3.63, 3.8) is 0 Å². The predicted octanol–water partition coefficient (Wildman–Crippen LogP) is 4.69. The minimum absolute atomic E-state index is 0.550. The monoisotopic (exact) mass is 265 g/mol. The topological polar surface area (TPSA) is 12.0 Å². The van der Waals surface area contributed by atoms with Crippen LogP contribution >= 0.6 is 23.2 Å². The summed E-state index contributed by atoms with van der Waals surface area (Å²) in [5.74, 6) is 0.550. The molecule has 17 heavy (non-hydrogen) atoms. The van der Waals surface area contributed by atoms with E-state index in [1.54, 1.807) is 0 Å². The fraction of sp³-hybridized carbons (Fsp3) is 0.143. The van der Waals surface area contributed by atoms with Crippen molar-refractivity contribution < 1.29 is 0 Å². The Balaban J connectivity index is 1.97. The van der Waals surface area contributed by atoms with Crippen LogP contribution in [-0.2, 0) is 12.4 Å². The summed E-state index contributed by atoms with van der Waals surface area (Å²) in [7, 11) is 0. The number of alkyl halides is 1. The van der Waals surface area contributed by atoms with Crippen molar-refractivity contribution in [2.24, 2.45) is 0 Å². The average molecular weight is 266 g/mol. The van der Waals surface area contributed by atoms with E-state index in [-0.39, 0.29) is 0 Å². The first-order valence-corrected chi connectivity index (χ1v) is 6.32. The molecule has 3 heteroatoms. The molecule has 2 rings (SSSR count). The maximum absolute atomic E-state index is 5.92. The van der Waals surface area contributed by atoms with Gasteiger partial charge >= 0.3 is 0 Å². The molecule has 2 aromatic carbocycles. The van der Waals surface area contributed by atoms with Crippen LogP contribution in [0.25, 0.3) is 0 Å². The lowest BCUT2D eigenvalue weighted by Crippen LogP contribution is -1.99. The quantitative estimate of drug-likeness (QED) is 0.791.